The van der Waals surface area contributed by atoms with E-state index in [0.29, 0.717) is 24.2 Å². The molecule has 0 atom stereocenters. The lowest BCUT2D eigenvalue weighted by Crippen LogP contribution is -2.44. The van der Waals surface area contributed by atoms with Crippen LogP contribution in [0, 0.1) is 5.82 Å². The first-order chi connectivity index (χ1) is 14.6. The van der Waals surface area contributed by atoms with Crippen LogP contribution in [0.2, 0.25) is 0 Å². The van der Waals surface area contributed by atoms with Crippen LogP contribution in [-0.2, 0) is 24.9 Å². The first-order valence-electron chi connectivity index (χ1n) is 10.4. The standard InChI is InChI=1S/C22H27FN6O/c1-27-18(15-21(26-27)19-5-2-3-6-20(19)23)16-28-12-7-17(8-13-28)25-22(30)9-14-29-11-4-10-24-29/h2-6,10-11,15,17H,7-9,12-14,16H2,1H3,(H,25,30). The van der Waals surface area contributed by atoms with E-state index < -0.39 is 0 Å². The van der Waals surface area contributed by atoms with Crippen LogP contribution in [0.1, 0.15) is 25.0 Å². The molecule has 8 heteroatoms. The molecule has 1 N–H and O–H groups in total. The molecule has 2 aromatic heterocycles. The van der Waals surface area contributed by atoms with Crippen LogP contribution < -0.4 is 5.32 Å². The Labute approximate surface area is 175 Å². The first-order valence-corrected chi connectivity index (χ1v) is 10.4. The van der Waals surface area contributed by atoms with Gasteiger partial charge in [0.1, 0.15) is 5.82 Å². The van der Waals surface area contributed by atoms with Crippen molar-refractivity contribution in [1.29, 1.82) is 0 Å². The smallest absolute Gasteiger partial charge is 0.222 e. The van der Waals surface area contributed by atoms with Crippen LogP contribution in [0.3, 0.4) is 0 Å². The molecule has 4 rings (SSSR count). The Hall–Kier alpha value is -3.00. The van der Waals surface area contributed by atoms with Gasteiger partial charge in [0, 0.05) is 63.6 Å². The van der Waals surface area contributed by atoms with Gasteiger partial charge in [0.25, 0.3) is 0 Å². The highest BCUT2D eigenvalue weighted by Crippen LogP contribution is 2.23. The lowest BCUT2D eigenvalue weighted by atomic mass is 10.0. The van der Waals surface area contributed by atoms with Crippen LogP contribution in [0.25, 0.3) is 11.3 Å². The van der Waals surface area contributed by atoms with E-state index in [1.807, 2.05) is 36.1 Å². The molecule has 0 saturated carbocycles. The third-order valence-corrected chi connectivity index (χ3v) is 5.59. The Morgan fingerprint density at radius 1 is 1.23 bits per heavy atom. The number of hydrogen-bond donors (Lipinski definition) is 1. The number of amides is 1. The van der Waals surface area contributed by atoms with Gasteiger partial charge in [-0.3, -0.25) is 19.1 Å². The Morgan fingerprint density at radius 3 is 2.77 bits per heavy atom. The lowest BCUT2D eigenvalue weighted by Gasteiger charge is -2.32. The summed E-state index contributed by atoms with van der Waals surface area (Å²) in [6.07, 6.45) is 5.86. The fourth-order valence-electron chi connectivity index (χ4n) is 3.87. The third-order valence-electron chi connectivity index (χ3n) is 5.59. The predicted octanol–water partition coefficient (Wildman–Crippen LogP) is 2.59. The molecule has 1 aliphatic heterocycles. The molecular weight excluding hydrogens is 383 g/mol. The van der Waals surface area contributed by atoms with Gasteiger partial charge in [0.2, 0.25) is 5.91 Å². The monoisotopic (exact) mass is 410 g/mol. The van der Waals surface area contributed by atoms with Crippen molar-refractivity contribution in [2.75, 3.05) is 13.1 Å². The third kappa shape index (κ3) is 4.94. The number of likely N-dealkylation sites (tertiary alicyclic amines) is 1. The molecule has 0 aliphatic carbocycles. The van der Waals surface area contributed by atoms with E-state index in [9.17, 15) is 9.18 Å². The van der Waals surface area contributed by atoms with Crippen molar-refractivity contribution < 1.29 is 9.18 Å². The summed E-state index contributed by atoms with van der Waals surface area (Å²) in [5.74, 6) is -0.184. The number of aryl methyl sites for hydroxylation is 2. The van der Waals surface area contributed by atoms with Gasteiger partial charge in [-0.05, 0) is 37.1 Å². The molecule has 0 radical (unpaired) electrons. The van der Waals surface area contributed by atoms with Crippen molar-refractivity contribution >= 4 is 5.91 Å². The Bertz CT molecular complexity index is 975. The molecule has 0 spiro atoms. The van der Waals surface area contributed by atoms with Gasteiger partial charge in [-0.2, -0.15) is 10.2 Å². The van der Waals surface area contributed by atoms with Crippen molar-refractivity contribution in [3.05, 3.63) is 60.3 Å². The molecule has 1 amide bonds. The molecule has 158 valence electrons. The Kier molecular flexibility index (Phi) is 6.23. The van der Waals surface area contributed by atoms with Crippen LogP contribution in [0.15, 0.2) is 48.8 Å². The lowest BCUT2D eigenvalue weighted by molar-refractivity contribution is -0.122. The minimum Gasteiger partial charge on any atom is -0.353 e. The molecule has 1 aromatic carbocycles. The van der Waals surface area contributed by atoms with Gasteiger partial charge < -0.3 is 5.32 Å². The Balaban J connectivity index is 1.26. The second-order valence-corrected chi connectivity index (χ2v) is 7.76. The second-order valence-electron chi connectivity index (χ2n) is 7.76. The first kappa shape index (κ1) is 20.3. The summed E-state index contributed by atoms with van der Waals surface area (Å²) in [5.41, 5.74) is 2.23. The van der Waals surface area contributed by atoms with E-state index >= 15 is 0 Å². The average molecular weight is 410 g/mol. The zero-order chi connectivity index (χ0) is 20.9. The van der Waals surface area contributed by atoms with E-state index in [1.165, 1.54) is 6.07 Å². The maximum atomic E-state index is 14.1. The number of aromatic nitrogens is 4. The van der Waals surface area contributed by atoms with E-state index in [2.05, 4.69) is 20.4 Å². The number of piperidine rings is 1. The van der Waals surface area contributed by atoms with Crippen molar-refractivity contribution in [3.8, 4) is 11.3 Å². The number of carbonyl (C=O) groups excluding carboxylic acids is 1. The molecular formula is C22H27FN6O. The fraction of sp³-hybridized carbons (Fsp3) is 0.409. The number of rotatable bonds is 7. The minimum atomic E-state index is -0.258. The zero-order valence-corrected chi connectivity index (χ0v) is 17.2. The van der Waals surface area contributed by atoms with Crippen LogP contribution in [0.5, 0.6) is 0 Å². The molecule has 1 fully saturated rings. The summed E-state index contributed by atoms with van der Waals surface area (Å²) >= 11 is 0. The molecule has 30 heavy (non-hydrogen) atoms. The number of benzene rings is 1. The maximum absolute atomic E-state index is 14.1. The van der Waals surface area contributed by atoms with Crippen molar-refractivity contribution in [2.24, 2.45) is 7.05 Å². The fourth-order valence-corrected chi connectivity index (χ4v) is 3.87. The number of nitrogens with one attached hydrogen (secondary N) is 1. The Morgan fingerprint density at radius 2 is 2.03 bits per heavy atom. The minimum absolute atomic E-state index is 0.0742. The number of carbonyl (C=O) groups is 1. The van der Waals surface area contributed by atoms with Crippen LogP contribution >= 0.6 is 0 Å². The molecule has 0 unspecified atom stereocenters. The van der Waals surface area contributed by atoms with E-state index in [0.717, 1.165) is 38.2 Å². The van der Waals surface area contributed by atoms with Gasteiger partial charge in [0.05, 0.1) is 11.4 Å². The average Bonchev–Trinajstić information content (AvgIpc) is 3.38. The van der Waals surface area contributed by atoms with Crippen molar-refractivity contribution in [3.63, 3.8) is 0 Å². The van der Waals surface area contributed by atoms with Crippen molar-refractivity contribution in [2.45, 2.75) is 38.4 Å². The summed E-state index contributed by atoms with van der Waals surface area (Å²) in [6.45, 7) is 3.18. The quantitative estimate of drug-likeness (QED) is 0.650. The highest BCUT2D eigenvalue weighted by molar-refractivity contribution is 5.76. The summed E-state index contributed by atoms with van der Waals surface area (Å²) in [7, 11) is 1.90. The molecule has 0 bridgehead atoms. The topological polar surface area (TPSA) is 68.0 Å². The van der Waals surface area contributed by atoms with Gasteiger partial charge >= 0.3 is 0 Å². The normalized spacial score (nSPS) is 15.4. The summed E-state index contributed by atoms with van der Waals surface area (Å²) in [4.78, 5) is 14.5. The molecule has 1 aliphatic rings. The SMILES string of the molecule is Cn1nc(-c2ccccc2F)cc1CN1CCC(NC(=O)CCn2cccn2)CC1. The number of hydrogen-bond acceptors (Lipinski definition) is 4. The summed E-state index contributed by atoms with van der Waals surface area (Å²) in [5, 5.41) is 11.8. The van der Waals surface area contributed by atoms with E-state index in [-0.39, 0.29) is 17.8 Å². The zero-order valence-electron chi connectivity index (χ0n) is 17.2. The van der Waals surface area contributed by atoms with Gasteiger partial charge in [-0.25, -0.2) is 4.39 Å². The van der Waals surface area contributed by atoms with Gasteiger partial charge in [-0.15, -0.1) is 0 Å². The van der Waals surface area contributed by atoms with E-state index in [4.69, 9.17) is 0 Å². The number of nitrogens with zero attached hydrogens (tertiary/aromatic N) is 5. The molecule has 1 saturated heterocycles. The largest absolute Gasteiger partial charge is 0.353 e. The van der Waals surface area contributed by atoms with E-state index in [1.54, 1.807) is 23.0 Å². The maximum Gasteiger partial charge on any atom is 0.222 e. The van der Waals surface area contributed by atoms with Gasteiger partial charge in [0.15, 0.2) is 0 Å². The molecule has 3 aromatic rings. The summed E-state index contributed by atoms with van der Waals surface area (Å²) in [6, 6.07) is 10.7. The van der Waals surface area contributed by atoms with Gasteiger partial charge in [-0.1, -0.05) is 12.1 Å². The van der Waals surface area contributed by atoms with Crippen LogP contribution in [0.4, 0.5) is 4.39 Å². The second kappa shape index (κ2) is 9.21. The highest BCUT2D eigenvalue weighted by Gasteiger charge is 2.22. The summed E-state index contributed by atoms with van der Waals surface area (Å²) < 4.78 is 17.7. The highest BCUT2D eigenvalue weighted by atomic mass is 19.1. The van der Waals surface area contributed by atoms with Crippen LogP contribution in [-0.4, -0.2) is 49.5 Å². The molecule has 7 nitrogen and oxygen atoms in total. The van der Waals surface area contributed by atoms with Crippen molar-refractivity contribution in [1.82, 2.24) is 29.8 Å². The predicted molar refractivity (Wildman–Crippen MR) is 112 cm³/mol. The molecule has 3 heterocycles. The number of halogens is 1.